The second-order valence-electron chi connectivity index (χ2n) is 3.74. The monoisotopic (exact) mass is 216 g/mol. The maximum absolute atomic E-state index is 5.18. The molecule has 0 aromatic heterocycles. The summed E-state index contributed by atoms with van der Waals surface area (Å²) in [6, 6.07) is 10.5. The molecule has 0 fully saturated rings. The molecule has 0 aliphatic heterocycles. The number of terminal acetylenes is 1. The second kappa shape index (κ2) is 7.92. The average molecular weight is 216 g/mol. The van der Waals surface area contributed by atoms with Gasteiger partial charge in [0.15, 0.2) is 0 Å². The number of benzene rings is 1. The van der Waals surface area contributed by atoms with Gasteiger partial charge in [-0.05, 0) is 12.1 Å². The lowest BCUT2D eigenvalue weighted by Gasteiger charge is -2.20. The van der Waals surface area contributed by atoms with Crippen molar-refractivity contribution in [2.24, 2.45) is 0 Å². The highest BCUT2D eigenvalue weighted by Crippen LogP contribution is 2.03. The van der Waals surface area contributed by atoms with Gasteiger partial charge in [-0.1, -0.05) is 43.2 Å². The van der Waals surface area contributed by atoms with Crippen molar-refractivity contribution in [3.05, 3.63) is 35.9 Å². The first-order valence-electron chi connectivity index (χ1n) is 5.77. The minimum absolute atomic E-state index is 0.656. The van der Waals surface area contributed by atoms with Crippen LogP contribution >= 0.6 is 0 Å². The molecule has 1 aromatic carbocycles. The Morgan fingerprint density at radius 2 is 2.06 bits per heavy atom. The number of hydrogen-bond acceptors (Lipinski definition) is 2. The van der Waals surface area contributed by atoms with Gasteiger partial charge in [0.25, 0.3) is 0 Å². The molecule has 0 aliphatic rings. The van der Waals surface area contributed by atoms with E-state index in [-0.39, 0.29) is 0 Å². The Labute approximate surface area is 98.7 Å². The Hall–Kier alpha value is -1.30. The molecule has 16 heavy (non-hydrogen) atoms. The van der Waals surface area contributed by atoms with Crippen molar-refractivity contribution in [3.63, 3.8) is 0 Å². The zero-order valence-corrected chi connectivity index (χ0v) is 9.95. The summed E-state index contributed by atoms with van der Waals surface area (Å²) in [6.07, 6.45) is 5.18. The van der Waals surface area contributed by atoms with Gasteiger partial charge in [-0.3, -0.25) is 4.90 Å². The topological polar surface area (TPSA) is 15.3 Å². The fourth-order valence-electron chi connectivity index (χ4n) is 1.59. The molecule has 0 aliphatic carbocycles. The van der Waals surface area contributed by atoms with Crippen molar-refractivity contribution >= 4 is 0 Å². The van der Waals surface area contributed by atoms with Gasteiger partial charge < -0.3 is 5.32 Å². The van der Waals surface area contributed by atoms with Crippen LogP contribution in [-0.4, -0.2) is 31.1 Å². The molecule has 0 saturated heterocycles. The predicted molar refractivity (Wildman–Crippen MR) is 69.1 cm³/mol. The highest BCUT2D eigenvalue weighted by atomic mass is 15.1. The lowest BCUT2D eigenvalue weighted by atomic mass is 10.2. The first-order chi connectivity index (χ1) is 7.86. The van der Waals surface area contributed by atoms with Gasteiger partial charge in [0.05, 0.1) is 6.54 Å². The Balaban J connectivity index is 2.30. The maximum atomic E-state index is 5.18. The molecule has 2 nitrogen and oxygen atoms in total. The number of nitrogens with one attached hydrogen (secondary N) is 1. The van der Waals surface area contributed by atoms with Crippen LogP contribution in [0, 0.1) is 12.3 Å². The van der Waals surface area contributed by atoms with E-state index in [1.807, 2.05) is 6.07 Å². The first-order valence-corrected chi connectivity index (χ1v) is 5.77. The van der Waals surface area contributed by atoms with E-state index in [1.165, 1.54) is 5.56 Å². The molecule has 0 radical (unpaired) electrons. The zero-order chi connectivity index (χ0) is 11.6. The van der Waals surface area contributed by atoms with Gasteiger partial charge in [0.1, 0.15) is 0 Å². The summed E-state index contributed by atoms with van der Waals surface area (Å²) < 4.78 is 0. The van der Waals surface area contributed by atoms with Crippen molar-refractivity contribution < 1.29 is 0 Å². The van der Waals surface area contributed by atoms with E-state index in [4.69, 9.17) is 6.42 Å². The molecule has 0 heterocycles. The molecule has 0 unspecified atom stereocenters. The predicted octanol–water partition coefficient (Wildman–Crippen LogP) is 1.73. The highest BCUT2D eigenvalue weighted by Gasteiger charge is 2.02. The molecule has 0 atom stereocenters. The molecule has 1 rings (SSSR count). The van der Waals surface area contributed by atoms with Crippen LogP contribution in [0.15, 0.2) is 30.3 Å². The summed E-state index contributed by atoms with van der Waals surface area (Å²) in [7, 11) is 0. The number of hydrogen-bond donors (Lipinski definition) is 1. The minimum atomic E-state index is 0.656. The van der Waals surface area contributed by atoms with Crippen LogP contribution in [-0.2, 0) is 6.54 Å². The molecule has 1 N–H and O–H groups in total. The molecule has 1 aromatic rings. The summed E-state index contributed by atoms with van der Waals surface area (Å²) in [5.41, 5.74) is 1.36. The van der Waals surface area contributed by atoms with Crippen molar-refractivity contribution in [1.29, 1.82) is 0 Å². The fourth-order valence-corrected chi connectivity index (χ4v) is 1.59. The normalized spacial score (nSPS) is 10.3. The van der Waals surface area contributed by atoms with E-state index in [0.29, 0.717) is 6.54 Å². The van der Waals surface area contributed by atoms with Crippen LogP contribution in [0.1, 0.15) is 12.5 Å². The third kappa shape index (κ3) is 4.97. The largest absolute Gasteiger partial charge is 0.305 e. The minimum Gasteiger partial charge on any atom is -0.305 e. The van der Waals surface area contributed by atoms with Gasteiger partial charge >= 0.3 is 0 Å². The number of likely N-dealkylation sites (N-methyl/N-ethyl adjacent to an activating group) is 1. The number of nitrogens with zero attached hydrogens (tertiary/aromatic N) is 1. The molecule has 86 valence electrons. The van der Waals surface area contributed by atoms with E-state index in [0.717, 1.165) is 26.2 Å². The Bertz CT molecular complexity index is 313. The van der Waals surface area contributed by atoms with Gasteiger partial charge in [-0.2, -0.15) is 0 Å². The molecule has 0 bridgehead atoms. The third-order valence-corrected chi connectivity index (χ3v) is 2.53. The van der Waals surface area contributed by atoms with E-state index in [9.17, 15) is 0 Å². The van der Waals surface area contributed by atoms with Crippen molar-refractivity contribution in [3.8, 4) is 12.3 Å². The van der Waals surface area contributed by atoms with Crippen LogP contribution in [0.4, 0.5) is 0 Å². The van der Waals surface area contributed by atoms with E-state index < -0.39 is 0 Å². The second-order valence-corrected chi connectivity index (χ2v) is 3.74. The fraction of sp³-hybridized carbons (Fsp3) is 0.429. The van der Waals surface area contributed by atoms with E-state index in [1.54, 1.807) is 0 Å². The van der Waals surface area contributed by atoms with Gasteiger partial charge in [0.2, 0.25) is 0 Å². The summed E-state index contributed by atoms with van der Waals surface area (Å²) in [6.45, 7) is 6.90. The lowest BCUT2D eigenvalue weighted by molar-refractivity contribution is 0.281. The SMILES string of the molecule is C#CCNCCN(CC)Cc1ccccc1. The molecular formula is C14H20N2. The van der Waals surface area contributed by atoms with Gasteiger partial charge in [0, 0.05) is 19.6 Å². The summed E-state index contributed by atoms with van der Waals surface area (Å²) in [4.78, 5) is 2.40. The molecule has 0 spiro atoms. The van der Waals surface area contributed by atoms with Crippen LogP contribution < -0.4 is 5.32 Å². The van der Waals surface area contributed by atoms with Gasteiger partial charge in [-0.25, -0.2) is 0 Å². The van der Waals surface area contributed by atoms with E-state index in [2.05, 4.69) is 47.3 Å². The van der Waals surface area contributed by atoms with Gasteiger partial charge in [-0.15, -0.1) is 6.42 Å². The van der Waals surface area contributed by atoms with Crippen molar-refractivity contribution in [1.82, 2.24) is 10.2 Å². The molecule has 0 saturated carbocycles. The Morgan fingerprint density at radius 1 is 1.31 bits per heavy atom. The van der Waals surface area contributed by atoms with Crippen LogP contribution in [0.5, 0.6) is 0 Å². The first kappa shape index (κ1) is 12.8. The summed E-state index contributed by atoms with van der Waals surface area (Å²) in [5.74, 6) is 2.58. The molecule has 2 heteroatoms. The van der Waals surface area contributed by atoms with E-state index >= 15 is 0 Å². The molecular weight excluding hydrogens is 196 g/mol. The highest BCUT2D eigenvalue weighted by molar-refractivity contribution is 5.14. The summed E-state index contributed by atoms with van der Waals surface area (Å²) in [5, 5.41) is 3.21. The molecule has 0 amide bonds. The third-order valence-electron chi connectivity index (χ3n) is 2.53. The maximum Gasteiger partial charge on any atom is 0.0574 e. The van der Waals surface area contributed by atoms with Crippen molar-refractivity contribution in [2.45, 2.75) is 13.5 Å². The lowest BCUT2D eigenvalue weighted by Crippen LogP contribution is -2.31. The van der Waals surface area contributed by atoms with Crippen LogP contribution in [0.2, 0.25) is 0 Å². The smallest absolute Gasteiger partial charge is 0.0574 e. The summed E-state index contributed by atoms with van der Waals surface area (Å²) >= 11 is 0. The standard InChI is InChI=1S/C14H20N2/c1-3-10-15-11-12-16(4-2)13-14-8-6-5-7-9-14/h1,5-9,15H,4,10-13H2,2H3. The Kier molecular flexibility index (Phi) is 6.32. The van der Waals surface area contributed by atoms with Crippen LogP contribution in [0.3, 0.4) is 0 Å². The van der Waals surface area contributed by atoms with Crippen molar-refractivity contribution in [2.75, 3.05) is 26.2 Å². The quantitative estimate of drug-likeness (QED) is 0.551. The number of rotatable bonds is 7. The Morgan fingerprint density at radius 3 is 2.69 bits per heavy atom. The zero-order valence-electron chi connectivity index (χ0n) is 9.95. The average Bonchev–Trinajstić information content (AvgIpc) is 2.34. The van der Waals surface area contributed by atoms with Crippen LogP contribution in [0.25, 0.3) is 0 Å².